The summed E-state index contributed by atoms with van der Waals surface area (Å²) < 4.78 is 7.25. The van der Waals surface area contributed by atoms with Gasteiger partial charge >= 0.3 is 6.03 Å². The minimum Gasteiger partial charge on any atom is -0.378 e. The Balaban J connectivity index is 1.45. The molecule has 1 aliphatic heterocycles. The predicted molar refractivity (Wildman–Crippen MR) is 126 cm³/mol. The summed E-state index contributed by atoms with van der Waals surface area (Å²) in [5.41, 5.74) is 5.14. The number of aryl methyl sites for hydroxylation is 1. The molecule has 2 amide bonds. The number of nitrogens with one attached hydrogen (secondary N) is 1. The molecule has 32 heavy (non-hydrogen) atoms. The predicted octanol–water partition coefficient (Wildman–Crippen LogP) is 4.67. The molecule has 2 heterocycles. The van der Waals surface area contributed by atoms with Crippen LogP contribution in [0, 0.1) is 6.92 Å². The normalized spacial score (nSPS) is 13.8. The van der Waals surface area contributed by atoms with Gasteiger partial charge in [0.15, 0.2) is 0 Å². The Morgan fingerprint density at radius 1 is 1.03 bits per heavy atom. The van der Waals surface area contributed by atoms with Gasteiger partial charge in [-0.2, -0.15) is 0 Å². The third-order valence-corrected chi connectivity index (χ3v) is 5.99. The van der Waals surface area contributed by atoms with E-state index in [9.17, 15) is 9.59 Å². The number of carbonyl (C=O) groups is 2. The molecule has 4 rings (SSSR count). The van der Waals surface area contributed by atoms with Crippen molar-refractivity contribution in [2.75, 3.05) is 31.6 Å². The Hall–Kier alpha value is -3.09. The highest BCUT2D eigenvalue weighted by Gasteiger charge is 2.19. The molecular weight excluding hydrogens is 426 g/mol. The SMILES string of the molecule is Cc1cc(Cc2ccc(NC(=O)N3CCOCC3)cc2)n(C)c1C(=O)c1ccc(Cl)cc1. The van der Waals surface area contributed by atoms with E-state index in [1.807, 2.05) is 42.8 Å². The molecule has 0 radical (unpaired) electrons. The monoisotopic (exact) mass is 451 g/mol. The summed E-state index contributed by atoms with van der Waals surface area (Å²) in [6.45, 7) is 4.31. The van der Waals surface area contributed by atoms with Crippen molar-refractivity contribution in [2.45, 2.75) is 13.3 Å². The van der Waals surface area contributed by atoms with Crippen LogP contribution < -0.4 is 5.32 Å². The van der Waals surface area contributed by atoms with Crippen molar-refractivity contribution in [3.05, 3.63) is 87.7 Å². The number of aromatic nitrogens is 1. The van der Waals surface area contributed by atoms with Crippen LogP contribution in [0.4, 0.5) is 10.5 Å². The summed E-state index contributed by atoms with van der Waals surface area (Å²) in [6.07, 6.45) is 0.683. The minimum absolute atomic E-state index is 0.0194. The van der Waals surface area contributed by atoms with Crippen molar-refractivity contribution in [2.24, 2.45) is 7.05 Å². The molecule has 6 nitrogen and oxygen atoms in total. The smallest absolute Gasteiger partial charge is 0.321 e. The van der Waals surface area contributed by atoms with E-state index in [1.165, 1.54) is 0 Å². The van der Waals surface area contributed by atoms with E-state index in [-0.39, 0.29) is 11.8 Å². The first-order valence-electron chi connectivity index (χ1n) is 10.6. The summed E-state index contributed by atoms with van der Waals surface area (Å²) >= 11 is 5.95. The molecule has 0 bridgehead atoms. The van der Waals surface area contributed by atoms with Gasteiger partial charge in [0.1, 0.15) is 0 Å². The fourth-order valence-corrected chi connectivity index (χ4v) is 4.07. The van der Waals surface area contributed by atoms with Gasteiger partial charge in [-0.25, -0.2) is 4.79 Å². The number of ketones is 1. The van der Waals surface area contributed by atoms with Crippen LogP contribution in [0.15, 0.2) is 54.6 Å². The highest BCUT2D eigenvalue weighted by molar-refractivity contribution is 6.30. The Kier molecular flexibility index (Phi) is 6.63. The van der Waals surface area contributed by atoms with Crippen LogP contribution in [0.5, 0.6) is 0 Å². The number of morpholine rings is 1. The maximum atomic E-state index is 13.0. The Labute approximate surface area is 192 Å². The van der Waals surface area contributed by atoms with Crippen molar-refractivity contribution in [3.8, 4) is 0 Å². The van der Waals surface area contributed by atoms with Crippen LogP contribution in [0.1, 0.15) is 32.9 Å². The van der Waals surface area contributed by atoms with E-state index >= 15 is 0 Å². The summed E-state index contributed by atoms with van der Waals surface area (Å²) in [4.78, 5) is 27.1. The van der Waals surface area contributed by atoms with Crippen LogP contribution in [0.2, 0.25) is 5.02 Å². The number of ether oxygens (including phenoxy) is 1. The molecular formula is C25H26ClN3O3. The van der Waals surface area contributed by atoms with Gasteiger partial charge in [0.05, 0.1) is 18.9 Å². The van der Waals surface area contributed by atoms with Crippen LogP contribution in [0.3, 0.4) is 0 Å². The van der Waals surface area contributed by atoms with Crippen LogP contribution >= 0.6 is 11.6 Å². The number of rotatable bonds is 5. The van der Waals surface area contributed by atoms with Gasteiger partial charge in [0.25, 0.3) is 0 Å². The van der Waals surface area contributed by atoms with Gasteiger partial charge in [0.2, 0.25) is 5.78 Å². The first-order chi connectivity index (χ1) is 15.4. The van der Waals surface area contributed by atoms with E-state index in [0.29, 0.717) is 49.0 Å². The highest BCUT2D eigenvalue weighted by Crippen LogP contribution is 2.22. The lowest BCUT2D eigenvalue weighted by Gasteiger charge is -2.26. The molecule has 0 spiro atoms. The fourth-order valence-electron chi connectivity index (χ4n) is 3.95. The van der Waals surface area contributed by atoms with Gasteiger partial charge < -0.3 is 19.5 Å². The summed E-state index contributed by atoms with van der Waals surface area (Å²) in [6, 6.07) is 16.7. The van der Waals surface area contributed by atoms with Gasteiger partial charge in [-0.1, -0.05) is 23.7 Å². The number of hydrogen-bond acceptors (Lipinski definition) is 3. The number of carbonyl (C=O) groups excluding carboxylic acids is 2. The van der Waals surface area contributed by atoms with E-state index in [4.69, 9.17) is 16.3 Å². The zero-order valence-electron chi connectivity index (χ0n) is 18.2. The zero-order valence-corrected chi connectivity index (χ0v) is 19.0. The molecule has 1 aliphatic rings. The van der Waals surface area contributed by atoms with Crippen LogP contribution in [-0.4, -0.2) is 47.6 Å². The quantitative estimate of drug-likeness (QED) is 0.573. The first kappa shape index (κ1) is 22.1. The Morgan fingerprint density at radius 2 is 1.69 bits per heavy atom. The molecule has 2 aromatic carbocycles. The van der Waals surface area contributed by atoms with Gasteiger partial charge in [-0.05, 0) is 60.5 Å². The first-order valence-corrected chi connectivity index (χ1v) is 11.0. The number of benzene rings is 2. The molecule has 0 saturated carbocycles. The third kappa shape index (κ3) is 4.87. The summed E-state index contributed by atoms with van der Waals surface area (Å²) in [5.74, 6) is -0.0194. The Morgan fingerprint density at radius 3 is 2.34 bits per heavy atom. The van der Waals surface area contributed by atoms with Crippen LogP contribution in [0.25, 0.3) is 0 Å². The fraction of sp³-hybridized carbons (Fsp3) is 0.280. The van der Waals surface area contributed by atoms with Crippen LogP contribution in [-0.2, 0) is 18.2 Å². The largest absolute Gasteiger partial charge is 0.378 e. The van der Waals surface area contributed by atoms with Gasteiger partial charge in [-0.15, -0.1) is 0 Å². The average molecular weight is 452 g/mol. The van der Waals surface area contributed by atoms with Gasteiger partial charge in [0, 0.05) is 48.5 Å². The molecule has 7 heteroatoms. The second-order valence-electron chi connectivity index (χ2n) is 7.97. The van der Waals surface area contributed by atoms with Crippen molar-refractivity contribution in [1.29, 1.82) is 0 Å². The number of urea groups is 1. The molecule has 166 valence electrons. The summed E-state index contributed by atoms with van der Waals surface area (Å²) in [7, 11) is 1.92. The maximum Gasteiger partial charge on any atom is 0.321 e. The standard InChI is InChI=1S/C25H26ClN3O3/c1-17-15-22(28(2)23(17)24(30)19-5-7-20(26)8-6-19)16-18-3-9-21(10-4-18)27-25(31)29-11-13-32-14-12-29/h3-10,15H,11-14,16H2,1-2H3,(H,27,31). The van der Waals surface area contributed by atoms with E-state index < -0.39 is 0 Å². The van der Waals surface area contributed by atoms with Crippen molar-refractivity contribution in [1.82, 2.24) is 9.47 Å². The lowest BCUT2D eigenvalue weighted by atomic mass is 10.1. The second-order valence-corrected chi connectivity index (χ2v) is 8.40. The molecule has 0 unspecified atom stereocenters. The summed E-state index contributed by atoms with van der Waals surface area (Å²) in [5, 5.41) is 3.54. The maximum absolute atomic E-state index is 13.0. The molecule has 0 aliphatic carbocycles. The minimum atomic E-state index is -0.107. The lowest BCUT2D eigenvalue weighted by Crippen LogP contribution is -2.43. The van der Waals surface area contributed by atoms with Crippen molar-refractivity contribution in [3.63, 3.8) is 0 Å². The number of anilines is 1. The number of hydrogen-bond donors (Lipinski definition) is 1. The number of halogens is 1. The van der Waals surface area contributed by atoms with Crippen molar-refractivity contribution >= 4 is 29.1 Å². The molecule has 1 aromatic heterocycles. The van der Waals surface area contributed by atoms with Crippen molar-refractivity contribution < 1.29 is 14.3 Å². The molecule has 1 fully saturated rings. The molecule has 1 N–H and O–H groups in total. The topological polar surface area (TPSA) is 63.6 Å². The van der Waals surface area contributed by atoms with E-state index in [2.05, 4.69) is 11.4 Å². The third-order valence-electron chi connectivity index (χ3n) is 5.73. The Bertz CT molecular complexity index is 1110. The average Bonchev–Trinajstić information content (AvgIpc) is 3.08. The molecule has 0 atom stereocenters. The highest BCUT2D eigenvalue weighted by atomic mass is 35.5. The molecule has 3 aromatic rings. The number of amides is 2. The van der Waals surface area contributed by atoms with E-state index in [0.717, 1.165) is 22.5 Å². The zero-order chi connectivity index (χ0) is 22.7. The molecule has 1 saturated heterocycles. The second kappa shape index (κ2) is 9.59. The van der Waals surface area contributed by atoms with Gasteiger partial charge in [-0.3, -0.25) is 4.79 Å². The van der Waals surface area contributed by atoms with E-state index in [1.54, 1.807) is 29.2 Å². The lowest BCUT2D eigenvalue weighted by molar-refractivity contribution is 0.0564. The number of nitrogens with zero attached hydrogens (tertiary/aromatic N) is 2.